The van der Waals surface area contributed by atoms with Crippen LogP contribution in [0.1, 0.15) is 10.6 Å². The van der Waals surface area contributed by atoms with Crippen LogP contribution in [0.3, 0.4) is 0 Å². The summed E-state index contributed by atoms with van der Waals surface area (Å²) in [5.74, 6) is 0.920. The number of nitrogens with zero attached hydrogens (tertiary/aromatic N) is 5. The van der Waals surface area contributed by atoms with Gasteiger partial charge in [-0.05, 0) is 29.5 Å². The van der Waals surface area contributed by atoms with Crippen molar-refractivity contribution in [3.05, 3.63) is 29.0 Å². The standard InChI is InChI=1S/C13H14N6O2S2/c1-8-10(23-12(15-8)9-4-3-5-21-9)6-14-11(20)7-22-13-16-17-18-19(13)2/h3-5H,6-7H2,1-2H3,(H,14,20). The molecule has 0 atom stereocenters. The summed E-state index contributed by atoms with van der Waals surface area (Å²) in [6.07, 6.45) is 1.62. The third-order valence-electron chi connectivity index (χ3n) is 2.98. The molecule has 0 fully saturated rings. The maximum Gasteiger partial charge on any atom is 0.230 e. The molecule has 1 amide bonds. The number of furan rings is 1. The van der Waals surface area contributed by atoms with Gasteiger partial charge in [0.05, 0.1) is 24.3 Å². The van der Waals surface area contributed by atoms with Gasteiger partial charge in [0, 0.05) is 11.9 Å². The minimum absolute atomic E-state index is 0.0784. The van der Waals surface area contributed by atoms with Crippen molar-refractivity contribution >= 4 is 29.0 Å². The largest absolute Gasteiger partial charge is 0.462 e. The van der Waals surface area contributed by atoms with Gasteiger partial charge >= 0.3 is 0 Å². The topological polar surface area (TPSA) is 98.7 Å². The van der Waals surface area contributed by atoms with Crippen LogP contribution in [-0.2, 0) is 18.4 Å². The minimum Gasteiger partial charge on any atom is -0.462 e. The summed E-state index contributed by atoms with van der Waals surface area (Å²) in [7, 11) is 1.73. The molecule has 0 saturated heterocycles. The fourth-order valence-electron chi connectivity index (χ4n) is 1.80. The molecule has 3 rings (SSSR count). The number of hydrogen-bond donors (Lipinski definition) is 1. The van der Waals surface area contributed by atoms with E-state index in [2.05, 4.69) is 25.8 Å². The maximum atomic E-state index is 11.9. The summed E-state index contributed by atoms with van der Waals surface area (Å²) in [4.78, 5) is 17.4. The Morgan fingerprint density at radius 2 is 2.39 bits per heavy atom. The Morgan fingerprint density at radius 3 is 3.09 bits per heavy atom. The van der Waals surface area contributed by atoms with Crippen LogP contribution < -0.4 is 5.32 Å². The van der Waals surface area contributed by atoms with E-state index in [0.29, 0.717) is 11.7 Å². The summed E-state index contributed by atoms with van der Waals surface area (Å²) < 4.78 is 6.87. The highest BCUT2D eigenvalue weighted by atomic mass is 32.2. The van der Waals surface area contributed by atoms with E-state index >= 15 is 0 Å². The Kier molecular flexibility index (Phi) is 4.72. The van der Waals surface area contributed by atoms with Crippen molar-refractivity contribution in [3.8, 4) is 10.8 Å². The highest BCUT2D eigenvalue weighted by Crippen LogP contribution is 2.28. The SMILES string of the molecule is Cc1nc(-c2ccco2)sc1CNC(=O)CSc1nnnn1C. The van der Waals surface area contributed by atoms with Gasteiger partial charge in [-0.15, -0.1) is 16.4 Å². The van der Waals surface area contributed by atoms with Gasteiger partial charge in [-0.3, -0.25) is 4.79 Å². The highest BCUT2D eigenvalue weighted by molar-refractivity contribution is 7.99. The van der Waals surface area contributed by atoms with Crippen molar-refractivity contribution in [2.75, 3.05) is 5.75 Å². The lowest BCUT2D eigenvalue weighted by Gasteiger charge is -2.03. The molecule has 0 bridgehead atoms. The number of tetrazole rings is 1. The number of carbonyl (C=O) groups excluding carboxylic acids is 1. The van der Waals surface area contributed by atoms with E-state index in [4.69, 9.17) is 4.42 Å². The molecule has 0 aliphatic rings. The van der Waals surface area contributed by atoms with Crippen LogP contribution in [0.4, 0.5) is 0 Å². The predicted molar refractivity (Wildman–Crippen MR) is 85.9 cm³/mol. The van der Waals surface area contributed by atoms with Crippen LogP contribution >= 0.6 is 23.1 Å². The number of nitrogens with one attached hydrogen (secondary N) is 1. The molecule has 23 heavy (non-hydrogen) atoms. The van der Waals surface area contributed by atoms with Crippen molar-refractivity contribution in [2.45, 2.75) is 18.6 Å². The lowest BCUT2D eigenvalue weighted by molar-refractivity contribution is -0.118. The first-order chi connectivity index (χ1) is 11.1. The summed E-state index contributed by atoms with van der Waals surface area (Å²) in [6, 6.07) is 3.69. The first-order valence-electron chi connectivity index (χ1n) is 6.75. The molecule has 120 valence electrons. The Labute approximate surface area is 140 Å². The van der Waals surface area contributed by atoms with E-state index in [1.54, 1.807) is 13.3 Å². The molecular formula is C13H14N6O2S2. The Morgan fingerprint density at radius 1 is 1.52 bits per heavy atom. The molecule has 3 heterocycles. The van der Waals surface area contributed by atoms with Crippen molar-refractivity contribution in [2.24, 2.45) is 7.05 Å². The number of amides is 1. The Balaban J connectivity index is 1.54. The molecule has 3 aromatic rings. The van der Waals surface area contributed by atoms with E-state index in [0.717, 1.165) is 21.3 Å². The average molecular weight is 350 g/mol. The van der Waals surface area contributed by atoms with E-state index in [1.165, 1.54) is 27.8 Å². The van der Waals surface area contributed by atoms with Crippen LogP contribution in [-0.4, -0.2) is 36.9 Å². The number of aryl methyl sites for hydroxylation is 2. The van der Waals surface area contributed by atoms with E-state index in [-0.39, 0.29) is 11.7 Å². The van der Waals surface area contributed by atoms with Gasteiger partial charge in [0.1, 0.15) is 0 Å². The molecular weight excluding hydrogens is 336 g/mol. The van der Waals surface area contributed by atoms with Crippen LogP contribution in [0.15, 0.2) is 28.0 Å². The van der Waals surface area contributed by atoms with Crippen LogP contribution in [0, 0.1) is 6.92 Å². The molecule has 8 nitrogen and oxygen atoms in total. The van der Waals surface area contributed by atoms with Gasteiger partial charge < -0.3 is 9.73 Å². The second-order valence-corrected chi connectivity index (χ2v) is 6.68. The van der Waals surface area contributed by atoms with Crippen LogP contribution in [0.25, 0.3) is 10.8 Å². The maximum absolute atomic E-state index is 11.9. The van der Waals surface area contributed by atoms with Gasteiger partial charge in [-0.25, -0.2) is 9.67 Å². The summed E-state index contributed by atoms with van der Waals surface area (Å²) in [5, 5.41) is 15.4. The fourth-order valence-corrected chi connectivity index (χ4v) is 3.45. The zero-order chi connectivity index (χ0) is 16.2. The molecule has 0 unspecified atom stereocenters. The molecule has 0 radical (unpaired) electrons. The van der Waals surface area contributed by atoms with Crippen molar-refractivity contribution in [3.63, 3.8) is 0 Å². The molecule has 0 saturated carbocycles. The lowest BCUT2D eigenvalue weighted by atomic mass is 10.4. The molecule has 0 aliphatic heterocycles. The van der Waals surface area contributed by atoms with Crippen molar-refractivity contribution < 1.29 is 9.21 Å². The highest BCUT2D eigenvalue weighted by Gasteiger charge is 2.13. The molecule has 10 heteroatoms. The molecule has 3 aromatic heterocycles. The van der Waals surface area contributed by atoms with Crippen LogP contribution in [0.2, 0.25) is 0 Å². The lowest BCUT2D eigenvalue weighted by Crippen LogP contribution is -2.24. The van der Waals surface area contributed by atoms with Gasteiger partial charge in [0.15, 0.2) is 10.8 Å². The summed E-state index contributed by atoms with van der Waals surface area (Å²) in [5.41, 5.74) is 0.895. The fraction of sp³-hybridized carbons (Fsp3) is 0.308. The molecule has 1 N–H and O–H groups in total. The minimum atomic E-state index is -0.0784. The van der Waals surface area contributed by atoms with Crippen LogP contribution in [0.5, 0.6) is 0 Å². The van der Waals surface area contributed by atoms with Gasteiger partial charge in [0.2, 0.25) is 11.1 Å². The quantitative estimate of drug-likeness (QED) is 0.675. The monoisotopic (exact) mass is 350 g/mol. The smallest absolute Gasteiger partial charge is 0.230 e. The molecule has 0 aliphatic carbocycles. The normalized spacial score (nSPS) is 10.9. The first kappa shape index (κ1) is 15.7. The Bertz CT molecular complexity index is 795. The zero-order valence-corrected chi connectivity index (χ0v) is 14.1. The van der Waals surface area contributed by atoms with Gasteiger partial charge in [0.25, 0.3) is 0 Å². The summed E-state index contributed by atoms with van der Waals surface area (Å²) in [6.45, 7) is 2.37. The van der Waals surface area contributed by atoms with Crippen molar-refractivity contribution in [1.29, 1.82) is 0 Å². The van der Waals surface area contributed by atoms with Gasteiger partial charge in [-0.2, -0.15) is 0 Å². The summed E-state index contributed by atoms with van der Waals surface area (Å²) >= 11 is 2.81. The second-order valence-electron chi connectivity index (χ2n) is 4.66. The number of carbonyl (C=O) groups is 1. The second kappa shape index (κ2) is 6.92. The number of thiazole rings is 1. The third kappa shape index (κ3) is 3.77. The number of rotatable bonds is 6. The number of thioether (sulfide) groups is 1. The van der Waals surface area contributed by atoms with Gasteiger partial charge in [-0.1, -0.05) is 11.8 Å². The van der Waals surface area contributed by atoms with Crippen molar-refractivity contribution in [1.82, 2.24) is 30.5 Å². The number of aromatic nitrogens is 5. The molecule has 0 spiro atoms. The Hall–Kier alpha value is -2.20. The van der Waals surface area contributed by atoms with E-state index in [9.17, 15) is 4.79 Å². The van der Waals surface area contributed by atoms with E-state index in [1.807, 2.05) is 19.1 Å². The molecule has 0 aromatic carbocycles. The first-order valence-corrected chi connectivity index (χ1v) is 8.55. The number of hydrogen-bond acceptors (Lipinski definition) is 8. The average Bonchev–Trinajstić information content (AvgIpc) is 3.24. The van der Waals surface area contributed by atoms with E-state index < -0.39 is 0 Å². The zero-order valence-electron chi connectivity index (χ0n) is 12.5. The third-order valence-corrected chi connectivity index (χ3v) is 5.17. The predicted octanol–water partition coefficient (Wildman–Crippen LogP) is 1.64.